The van der Waals surface area contributed by atoms with Gasteiger partial charge in [0.1, 0.15) is 0 Å². The molecule has 1 heteroatoms. The average molecular weight is 355 g/mol. The molecule has 0 saturated carbocycles. The number of benzene rings is 1. The Labute approximate surface area is 161 Å². The first-order valence-corrected chi connectivity index (χ1v) is 10.8. The molecule has 0 atom stereocenters. The lowest BCUT2D eigenvalue weighted by Crippen LogP contribution is -1.88. The zero-order valence-corrected chi connectivity index (χ0v) is 19.2. The van der Waals surface area contributed by atoms with Crippen LogP contribution >= 0.6 is 0 Å². The van der Waals surface area contributed by atoms with Crippen LogP contribution in [0.1, 0.15) is 106 Å². The quantitative estimate of drug-likeness (QED) is 0.445. The lowest BCUT2D eigenvalue weighted by molar-refractivity contribution is 0.148. The SMILES string of the molecule is CC.CCCC.CCCC.CCCOCC.CCCc1ccccc1. The van der Waals surface area contributed by atoms with Gasteiger partial charge in [-0.1, -0.05) is 118 Å². The highest BCUT2D eigenvalue weighted by atomic mass is 16.5. The number of unbranched alkanes of at least 4 members (excludes halogenated alkanes) is 2. The molecular formula is C24H50O. The van der Waals surface area contributed by atoms with E-state index in [4.69, 9.17) is 4.74 Å². The Kier molecular flexibility index (Phi) is 49.3. The van der Waals surface area contributed by atoms with Crippen LogP contribution in [-0.2, 0) is 11.2 Å². The first-order valence-electron chi connectivity index (χ1n) is 10.8. The number of ether oxygens (including phenoxy) is 1. The second-order valence-corrected chi connectivity index (χ2v) is 5.43. The number of hydrogen-bond donors (Lipinski definition) is 0. The van der Waals surface area contributed by atoms with Crippen LogP contribution in [0.3, 0.4) is 0 Å². The van der Waals surface area contributed by atoms with Crippen LogP contribution in [-0.4, -0.2) is 13.2 Å². The van der Waals surface area contributed by atoms with E-state index in [0.29, 0.717) is 0 Å². The molecule has 152 valence electrons. The van der Waals surface area contributed by atoms with Crippen LogP contribution in [0.4, 0.5) is 0 Å². The van der Waals surface area contributed by atoms with Crippen molar-refractivity contribution in [2.24, 2.45) is 0 Å². The van der Waals surface area contributed by atoms with Crippen molar-refractivity contribution in [2.45, 2.75) is 107 Å². The third-order valence-electron chi connectivity index (χ3n) is 2.93. The van der Waals surface area contributed by atoms with Gasteiger partial charge in [0.05, 0.1) is 0 Å². The second-order valence-electron chi connectivity index (χ2n) is 5.43. The molecule has 0 aromatic heterocycles. The maximum atomic E-state index is 4.98. The van der Waals surface area contributed by atoms with Crippen molar-refractivity contribution in [3.8, 4) is 0 Å². The van der Waals surface area contributed by atoms with Crippen LogP contribution < -0.4 is 0 Å². The van der Waals surface area contributed by atoms with E-state index in [1.165, 1.54) is 44.1 Å². The summed E-state index contributed by atoms with van der Waals surface area (Å²) in [6, 6.07) is 10.6. The Morgan fingerprint density at radius 3 is 1.28 bits per heavy atom. The fraction of sp³-hybridized carbons (Fsp3) is 0.750. The van der Waals surface area contributed by atoms with Gasteiger partial charge in [0, 0.05) is 13.2 Å². The number of hydrogen-bond acceptors (Lipinski definition) is 1. The van der Waals surface area contributed by atoms with E-state index < -0.39 is 0 Å². The van der Waals surface area contributed by atoms with Gasteiger partial charge in [-0.15, -0.1) is 0 Å². The molecule has 1 aromatic rings. The highest BCUT2D eigenvalue weighted by molar-refractivity contribution is 5.14. The van der Waals surface area contributed by atoms with Crippen molar-refractivity contribution in [2.75, 3.05) is 13.2 Å². The third-order valence-corrected chi connectivity index (χ3v) is 2.93. The monoisotopic (exact) mass is 354 g/mol. The van der Waals surface area contributed by atoms with E-state index in [1.807, 2.05) is 20.8 Å². The van der Waals surface area contributed by atoms with Crippen molar-refractivity contribution in [3.63, 3.8) is 0 Å². The average Bonchev–Trinajstić information content (AvgIpc) is 2.70. The summed E-state index contributed by atoms with van der Waals surface area (Å²) < 4.78 is 4.98. The maximum Gasteiger partial charge on any atom is 0.0463 e. The summed E-state index contributed by atoms with van der Waals surface area (Å²) in [5, 5.41) is 0. The van der Waals surface area contributed by atoms with Crippen molar-refractivity contribution in [1.82, 2.24) is 0 Å². The molecular weight excluding hydrogens is 304 g/mol. The van der Waals surface area contributed by atoms with Gasteiger partial charge in [0.2, 0.25) is 0 Å². The van der Waals surface area contributed by atoms with E-state index in [1.54, 1.807) is 0 Å². The van der Waals surface area contributed by atoms with Gasteiger partial charge in [-0.25, -0.2) is 0 Å². The maximum absolute atomic E-state index is 4.98. The van der Waals surface area contributed by atoms with Crippen molar-refractivity contribution in [3.05, 3.63) is 35.9 Å². The summed E-state index contributed by atoms with van der Waals surface area (Å²) in [7, 11) is 0. The van der Waals surface area contributed by atoms with Crippen molar-refractivity contribution in [1.29, 1.82) is 0 Å². The van der Waals surface area contributed by atoms with Crippen molar-refractivity contribution >= 4 is 0 Å². The Morgan fingerprint density at radius 2 is 1.04 bits per heavy atom. The summed E-state index contributed by atoms with van der Waals surface area (Å²) in [6.07, 6.45) is 8.86. The third kappa shape index (κ3) is 45.1. The van der Waals surface area contributed by atoms with Gasteiger partial charge in [-0.2, -0.15) is 0 Å². The lowest BCUT2D eigenvalue weighted by Gasteiger charge is -1.93. The fourth-order valence-corrected chi connectivity index (χ4v) is 1.22. The van der Waals surface area contributed by atoms with Crippen LogP contribution in [0, 0.1) is 0 Å². The Morgan fingerprint density at radius 1 is 0.600 bits per heavy atom. The van der Waals surface area contributed by atoms with E-state index >= 15 is 0 Å². The molecule has 0 N–H and O–H groups in total. The molecule has 0 fully saturated rings. The van der Waals surface area contributed by atoms with Crippen LogP contribution in [0.5, 0.6) is 0 Å². The molecule has 1 nitrogen and oxygen atoms in total. The molecule has 0 spiro atoms. The highest BCUT2D eigenvalue weighted by Crippen LogP contribution is 2.00. The first-order chi connectivity index (χ1) is 12.2. The Balaban J connectivity index is -0.000000121. The molecule has 1 rings (SSSR count). The van der Waals surface area contributed by atoms with E-state index in [-0.39, 0.29) is 0 Å². The molecule has 0 bridgehead atoms. The first kappa shape index (κ1) is 31.9. The Hall–Kier alpha value is -0.820. The van der Waals surface area contributed by atoms with E-state index in [0.717, 1.165) is 19.6 Å². The van der Waals surface area contributed by atoms with Gasteiger partial charge < -0.3 is 4.74 Å². The molecule has 0 unspecified atom stereocenters. The zero-order valence-electron chi connectivity index (χ0n) is 19.2. The van der Waals surface area contributed by atoms with Gasteiger partial charge in [0.25, 0.3) is 0 Å². The minimum atomic E-state index is 0.855. The predicted molar refractivity (Wildman–Crippen MR) is 120 cm³/mol. The van der Waals surface area contributed by atoms with Gasteiger partial charge in [-0.3, -0.25) is 0 Å². The summed E-state index contributed by atoms with van der Waals surface area (Å²) in [5.74, 6) is 0. The molecule has 0 radical (unpaired) electrons. The zero-order chi connectivity index (χ0) is 20.2. The van der Waals surface area contributed by atoms with E-state index in [2.05, 4.69) is 71.9 Å². The summed E-state index contributed by atoms with van der Waals surface area (Å²) in [6.45, 7) is 20.8. The van der Waals surface area contributed by atoms with Crippen LogP contribution in [0.2, 0.25) is 0 Å². The van der Waals surface area contributed by atoms with Crippen LogP contribution in [0.25, 0.3) is 0 Å². The molecule has 0 aliphatic rings. The molecule has 0 heterocycles. The molecule has 25 heavy (non-hydrogen) atoms. The summed E-state index contributed by atoms with van der Waals surface area (Å²) in [4.78, 5) is 0. The lowest BCUT2D eigenvalue weighted by atomic mass is 10.1. The largest absolute Gasteiger partial charge is 0.382 e. The smallest absolute Gasteiger partial charge is 0.0463 e. The number of aryl methyl sites for hydroxylation is 1. The van der Waals surface area contributed by atoms with Crippen molar-refractivity contribution < 1.29 is 4.74 Å². The minimum Gasteiger partial charge on any atom is -0.382 e. The topological polar surface area (TPSA) is 9.23 Å². The van der Waals surface area contributed by atoms with Crippen LogP contribution in [0.15, 0.2) is 30.3 Å². The fourth-order valence-electron chi connectivity index (χ4n) is 1.22. The molecule has 1 aromatic carbocycles. The molecule has 0 amide bonds. The summed E-state index contributed by atoms with van der Waals surface area (Å²) >= 11 is 0. The minimum absolute atomic E-state index is 0.855. The van der Waals surface area contributed by atoms with Gasteiger partial charge >= 0.3 is 0 Å². The predicted octanol–water partition coefficient (Wildman–Crippen LogP) is 8.71. The Bertz CT molecular complexity index is 244. The number of rotatable bonds is 7. The highest BCUT2D eigenvalue weighted by Gasteiger charge is 1.84. The molecule has 0 aliphatic heterocycles. The standard InChI is InChI=1S/C9H12.C5H12O.2C4H10.C2H6/c1-2-6-9-7-4-3-5-8-9;1-3-5-6-4-2;2*1-3-4-2;1-2/h3-5,7-8H,2,6H2,1H3;3-5H2,1-2H3;2*3-4H2,1-2H3;1-2H3. The molecule has 0 saturated heterocycles. The van der Waals surface area contributed by atoms with Gasteiger partial charge in [-0.05, 0) is 25.3 Å². The van der Waals surface area contributed by atoms with E-state index in [9.17, 15) is 0 Å². The molecule has 0 aliphatic carbocycles. The second kappa shape index (κ2) is 38.6. The van der Waals surface area contributed by atoms with Gasteiger partial charge in [0.15, 0.2) is 0 Å². The normalized spacial score (nSPS) is 8.20. The summed E-state index contributed by atoms with van der Waals surface area (Å²) in [5.41, 5.74) is 1.44.